The van der Waals surface area contributed by atoms with E-state index in [9.17, 15) is 14.3 Å². The van der Waals surface area contributed by atoms with E-state index in [0.29, 0.717) is 24.0 Å². The topological polar surface area (TPSA) is 70.6 Å². The number of thiocarbonyl (C=S) groups is 1. The summed E-state index contributed by atoms with van der Waals surface area (Å²) in [6.07, 6.45) is 1.67. The van der Waals surface area contributed by atoms with Crippen molar-refractivity contribution in [1.82, 2.24) is 10.6 Å². The quantitative estimate of drug-likeness (QED) is 0.654. The van der Waals surface area contributed by atoms with Crippen molar-refractivity contribution >= 4 is 23.2 Å². The average molecular weight is 417 g/mol. The van der Waals surface area contributed by atoms with Gasteiger partial charge < -0.3 is 15.2 Å². The van der Waals surface area contributed by atoms with Crippen molar-refractivity contribution in [3.8, 4) is 0 Å². The standard InChI is InChI=1S/C22H25FN2O3S/c1-28-17-12-11-16(14-26)22(13-17,18-9-5-6-10-19(18)23)25-21(29)24-20(27)15-7-3-2-4-8-15/h2-10,16-17,26H,11-14H2,1H3,(H2,24,25,27,29)/t16-,17-,22+/m1/s1. The van der Waals surface area contributed by atoms with Crippen LogP contribution in [0.5, 0.6) is 0 Å². The van der Waals surface area contributed by atoms with Crippen LogP contribution in [0.1, 0.15) is 35.2 Å². The van der Waals surface area contributed by atoms with Crippen LogP contribution in [-0.4, -0.2) is 35.9 Å². The van der Waals surface area contributed by atoms with Gasteiger partial charge in [-0.2, -0.15) is 0 Å². The van der Waals surface area contributed by atoms with Gasteiger partial charge in [-0.05, 0) is 43.3 Å². The number of rotatable bonds is 5. The van der Waals surface area contributed by atoms with E-state index in [4.69, 9.17) is 17.0 Å². The van der Waals surface area contributed by atoms with Crippen molar-refractivity contribution in [2.75, 3.05) is 13.7 Å². The fraction of sp³-hybridized carbons (Fsp3) is 0.364. The van der Waals surface area contributed by atoms with Gasteiger partial charge in [-0.1, -0.05) is 36.4 Å². The average Bonchev–Trinajstić information content (AvgIpc) is 2.74. The molecule has 7 heteroatoms. The number of aliphatic hydroxyl groups is 1. The van der Waals surface area contributed by atoms with E-state index in [0.717, 1.165) is 6.42 Å². The minimum Gasteiger partial charge on any atom is -0.396 e. The maximum Gasteiger partial charge on any atom is 0.257 e. The molecule has 2 aromatic rings. The second kappa shape index (κ2) is 9.43. The molecule has 0 aliphatic heterocycles. The number of hydrogen-bond donors (Lipinski definition) is 3. The Kier molecular flexibility index (Phi) is 6.95. The summed E-state index contributed by atoms with van der Waals surface area (Å²) in [5, 5.41) is 16.0. The van der Waals surface area contributed by atoms with Crippen molar-refractivity contribution in [3.05, 3.63) is 71.5 Å². The lowest BCUT2D eigenvalue weighted by Gasteiger charge is -2.47. The second-order valence-electron chi connectivity index (χ2n) is 7.24. The molecule has 1 aliphatic rings. The summed E-state index contributed by atoms with van der Waals surface area (Å²) in [5.41, 5.74) is -0.133. The molecule has 2 aromatic carbocycles. The van der Waals surface area contributed by atoms with Gasteiger partial charge in [0, 0.05) is 37.2 Å². The summed E-state index contributed by atoms with van der Waals surface area (Å²) >= 11 is 5.41. The molecule has 0 aromatic heterocycles. The third kappa shape index (κ3) is 4.63. The SMILES string of the molecule is CO[C@@H]1CC[C@H](CO)[C@](NC(=S)NC(=O)c2ccccc2)(c2ccccc2F)C1. The molecular formula is C22H25FN2O3S. The van der Waals surface area contributed by atoms with Gasteiger partial charge in [0.1, 0.15) is 5.82 Å². The number of halogens is 1. The lowest BCUT2D eigenvalue weighted by atomic mass is 9.68. The van der Waals surface area contributed by atoms with Gasteiger partial charge in [0.2, 0.25) is 0 Å². The number of carbonyl (C=O) groups excluding carboxylic acids is 1. The molecule has 1 saturated carbocycles. The highest BCUT2D eigenvalue weighted by molar-refractivity contribution is 7.80. The Morgan fingerprint density at radius 2 is 1.90 bits per heavy atom. The summed E-state index contributed by atoms with van der Waals surface area (Å²) in [7, 11) is 1.62. The fourth-order valence-corrected chi connectivity index (χ4v) is 4.36. The van der Waals surface area contributed by atoms with E-state index in [1.54, 1.807) is 49.6 Å². The van der Waals surface area contributed by atoms with Gasteiger partial charge in [-0.25, -0.2) is 4.39 Å². The molecule has 3 rings (SSSR count). The summed E-state index contributed by atoms with van der Waals surface area (Å²) in [4.78, 5) is 12.5. The molecule has 5 nitrogen and oxygen atoms in total. The van der Waals surface area contributed by atoms with Crippen LogP contribution in [-0.2, 0) is 10.3 Å². The van der Waals surface area contributed by atoms with E-state index in [1.165, 1.54) is 6.07 Å². The Bertz CT molecular complexity index is 864. The zero-order valence-electron chi connectivity index (χ0n) is 16.2. The van der Waals surface area contributed by atoms with Crippen molar-refractivity contribution in [2.45, 2.75) is 30.9 Å². The predicted molar refractivity (Wildman–Crippen MR) is 113 cm³/mol. The molecule has 3 N–H and O–H groups in total. The molecular weight excluding hydrogens is 391 g/mol. The summed E-state index contributed by atoms with van der Waals surface area (Å²) in [6.45, 7) is -0.146. The monoisotopic (exact) mass is 416 g/mol. The number of carbonyl (C=O) groups is 1. The maximum atomic E-state index is 14.8. The van der Waals surface area contributed by atoms with Gasteiger partial charge in [-0.15, -0.1) is 0 Å². The van der Waals surface area contributed by atoms with Gasteiger partial charge in [0.25, 0.3) is 5.91 Å². The van der Waals surface area contributed by atoms with Gasteiger partial charge in [0.15, 0.2) is 5.11 Å². The fourth-order valence-electron chi connectivity index (χ4n) is 4.08. The Morgan fingerprint density at radius 1 is 1.21 bits per heavy atom. The predicted octanol–water partition coefficient (Wildman–Crippen LogP) is 3.13. The Balaban J connectivity index is 1.92. The normalized spacial score (nSPS) is 24.0. The van der Waals surface area contributed by atoms with Crippen LogP contribution < -0.4 is 10.6 Å². The van der Waals surface area contributed by atoms with E-state index in [1.807, 2.05) is 6.07 Å². The molecule has 0 saturated heterocycles. The number of benzene rings is 2. The smallest absolute Gasteiger partial charge is 0.257 e. The summed E-state index contributed by atoms with van der Waals surface area (Å²) in [5.74, 6) is -1.05. The lowest BCUT2D eigenvalue weighted by molar-refractivity contribution is -0.0104. The Labute approximate surface area is 175 Å². The molecule has 1 amide bonds. The van der Waals surface area contributed by atoms with Crippen LogP contribution in [0.15, 0.2) is 54.6 Å². The van der Waals surface area contributed by atoms with E-state index >= 15 is 0 Å². The van der Waals surface area contributed by atoms with Crippen molar-refractivity contribution in [2.24, 2.45) is 5.92 Å². The third-order valence-corrected chi connectivity index (χ3v) is 5.80. The summed E-state index contributed by atoms with van der Waals surface area (Å²) in [6, 6.07) is 15.1. The molecule has 154 valence electrons. The molecule has 0 spiro atoms. The van der Waals surface area contributed by atoms with Gasteiger partial charge in [0.05, 0.1) is 11.6 Å². The van der Waals surface area contributed by atoms with Crippen LogP contribution in [0.25, 0.3) is 0 Å². The third-order valence-electron chi connectivity index (χ3n) is 5.59. The maximum absolute atomic E-state index is 14.8. The first-order valence-corrected chi connectivity index (χ1v) is 9.98. The van der Waals surface area contributed by atoms with Crippen molar-refractivity contribution in [3.63, 3.8) is 0 Å². The largest absolute Gasteiger partial charge is 0.396 e. The zero-order chi connectivity index (χ0) is 20.9. The second-order valence-corrected chi connectivity index (χ2v) is 7.65. The number of aliphatic hydroxyl groups excluding tert-OH is 1. The summed E-state index contributed by atoms with van der Waals surface area (Å²) < 4.78 is 20.4. The van der Waals surface area contributed by atoms with Crippen molar-refractivity contribution < 1.29 is 19.0 Å². The van der Waals surface area contributed by atoms with Gasteiger partial charge in [-0.3, -0.25) is 10.1 Å². The first-order valence-electron chi connectivity index (χ1n) is 9.57. The number of methoxy groups -OCH3 is 1. The van der Waals surface area contributed by atoms with E-state index < -0.39 is 11.4 Å². The molecule has 0 bridgehead atoms. The minimum atomic E-state index is -1.000. The number of ether oxygens (including phenoxy) is 1. The highest BCUT2D eigenvalue weighted by Gasteiger charge is 2.47. The number of nitrogens with one attached hydrogen (secondary N) is 2. The van der Waals surface area contributed by atoms with E-state index in [-0.39, 0.29) is 29.6 Å². The lowest BCUT2D eigenvalue weighted by Crippen LogP contribution is -2.59. The highest BCUT2D eigenvalue weighted by atomic mass is 32.1. The molecule has 1 aliphatic carbocycles. The van der Waals surface area contributed by atoms with E-state index in [2.05, 4.69) is 10.6 Å². The number of amides is 1. The minimum absolute atomic E-state index is 0.0808. The van der Waals surface area contributed by atoms with Crippen LogP contribution in [0.3, 0.4) is 0 Å². The Hall–Kier alpha value is -2.35. The highest BCUT2D eigenvalue weighted by Crippen LogP contribution is 2.43. The van der Waals surface area contributed by atoms with Crippen molar-refractivity contribution in [1.29, 1.82) is 0 Å². The molecule has 0 radical (unpaired) electrons. The van der Waals surface area contributed by atoms with Crippen LogP contribution in [0, 0.1) is 11.7 Å². The molecule has 29 heavy (non-hydrogen) atoms. The molecule has 1 fully saturated rings. The Morgan fingerprint density at radius 3 is 2.55 bits per heavy atom. The van der Waals surface area contributed by atoms with Crippen LogP contribution >= 0.6 is 12.2 Å². The molecule has 0 heterocycles. The molecule has 0 unspecified atom stereocenters. The zero-order valence-corrected chi connectivity index (χ0v) is 17.0. The molecule has 3 atom stereocenters. The number of hydrogen-bond acceptors (Lipinski definition) is 4. The first-order chi connectivity index (χ1) is 14.0. The first kappa shape index (κ1) is 21.4. The van der Waals surface area contributed by atoms with Crippen LogP contribution in [0.2, 0.25) is 0 Å². The van der Waals surface area contributed by atoms with Crippen LogP contribution in [0.4, 0.5) is 4.39 Å². The van der Waals surface area contributed by atoms with Gasteiger partial charge >= 0.3 is 0 Å².